The molecule has 1 aliphatic rings. The second kappa shape index (κ2) is 6.88. The van der Waals surface area contributed by atoms with Crippen LogP contribution in [0, 0.1) is 23.2 Å². The van der Waals surface area contributed by atoms with Gasteiger partial charge in [0.05, 0.1) is 12.9 Å². The van der Waals surface area contributed by atoms with Gasteiger partial charge in [-0.2, -0.15) is 5.26 Å². The molecule has 22 heavy (non-hydrogen) atoms. The predicted octanol–water partition coefficient (Wildman–Crippen LogP) is -1.51. The minimum Gasteiger partial charge on any atom is -0.394 e. The van der Waals surface area contributed by atoms with Gasteiger partial charge < -0.3 is 25.2 Å². The highest BCUT2D eigenvalue weighted by Crippen LogP contribution is 2.30. The molecule has 1 aromatic heterocycles. The minimum atomic E-state index is -1.30. The Morgan fingerprint density at radius 2 is 2.18 bits per heavy atom. The predicted molar refractivity (Wildman–Crippen MR) is 73.1 cm³/mol. The minimum absolute atomic E-state index is 0.0218. The van der Waals surface area contributed by atoms with Crippen LogP contribution in [0.3, 0.4) is 0 Å². The van der Waals surface area contributed by atoms with Gasteiger partial charge in [-0.3, -0.25) is 4.57 Å². The molecule has 8 heteroatoms. The molecule has 0 aliphatic carbocycles. The average Bonchev–Trinajstić information content (AvgIpc) is 3.06. The van der Waals surface area contributed by atoms with Gasteiger partial charge >= 0.3 is 0 Å². The van der Waals surface area contributed by atoms with E-state index in [2.05, 4.69) is 16.8 Å². The van der Waals surface area contributed by atoms with Gasteiger partial charge in [0.25, 0.3) is 0 Å². The fourth-order valence-corrected chi connectivity index (χ4v) is 2.12. The van der Waals surface area contributed by atoms with Gasteiger partial charge in [0.15, 0.2) is 11.9 Å². The van der Waals surface area contributed by atoms with Crippen molar-refractivity contribution >= 4 is 0 Å². The zero-order valence-corrected chi connectivity index (χ0v) is 11.9. The number of aromatic nitrogens is 2. The van der Waals surface area contributed by atoms with E-state index in [0.717, 1.165) is 0 Å². The quantitative estimate of drug-likeness (QED) is 0.499. The average molecular weight is 307 g/mol. The van der Waals surface area contributed by atoms with Gasteiger partial charge in [0.1, 0.15) is 36.2 Å². The van der Waals surface area contributed by atoms with E-state index in [4.69, 9.17) is 15.1 Å². The topological polar surface area (TPSA) is 132 Å². The zero-order valence-electron chi connectivity index (χ0n) is 11.9. The summed E-state index contributed by atoms with van der Waals surface area (Å²) in [6.07, 6.45) is -3.67. The molecular weight excluding hydrogens is 290 g/mol. The Morgan fingerprint density at radius 3 is 2.73 bits per heavy atom. The lowest BCUT2D eigenvalue weighted by molar-refractivity contribution is -0.0531. The van der Waals surface area contributed by atoms with Gasteiger partial charge in [0.2, 0.25) is 0 Å². The summed E-state index contributed by atoms with van der Waals surface area (Å²) < 4.78 is 6.70. The summed E-state index contributed by atoms with van der Waals surface area (Å²) >= 11 is 0. The highest BCUT2D eigenvalue weighted by atomic mass is 16.6. The van der Waals surface area contributed by atoms with Crippen LogP contribution in [-0.4, -0.2) is 61.0 Å². The van der Waals surface area contributed by atoms with Crippen LogP contribution >= 0.6 is 0 Å². The molecule has 1 aliphatic heterocycles. The van der Waals surface area contributed by atoms with E-state index >= 15 is 0 Å². The summed E-state index contributed by atoms with van der Waals surface area (Å²) in [4.78, 5) is 3.88. The second-order valence-electron chi connectivity index (χ2n) is 4.88. The molecule has 0 aromatic carbocycles. The molecule has 4 N–H and O–H groups in total. The molecule has 0 amide bonds. The number of aliphatic hydroxyl groups is 4. The number of imidazole rings is 1. The molecule has 5 atom stereocenters. The monoisotopic (exact) mass is 307 g/mol. The highest BCUT2D eigenvalue weighted by molar-refractivity contribution is 5.41. The van der Waals surface area contributed by atoms with Crippen molar-refractivity contribution in [2.75, 3.05) is 6.61 Å². The molecule has 1 aromatic rings. The van der Waals surface area contributed by atoms with E-state index in [0.29, 0.717) is 6.42 Å². The van der Waals surface area contributed by atoms with E-state index < -0.39 is 37.3 Å². The second-order valence-corrected chi connectivity index (χ2v) is 4.88. The molecule has 2 rings (SSSR count). The van der Waals surface area contributed by atoms with Crippen LogP contribution in [0.4, 0.5) is 0 Å². The molecule has 0 spiro atoms. The Morgan fingerprint density at radius 1 is 1.45 bits per heavy atom. The third-order valence-corrected chi connectivity index (χ3v) is 3.43. The maximum atomic E-state index is 10.0. The fraction of sp³-hybridized carbons (Fsp3) is 0.571. The Bertz CT molecular complexity index is 627. The molecule has 0 saturated carbocycles. The summed E-state index contributed by atoms with van der Waals surface area (Å²) in [5.74, 6) is 5.22. The maximum Gasteiger partial charge on any atom is 0.174 e. The first-order valence-electron chi connectivity index (χ1n) is 6.82. The van der Waals surface area contributed by atoms with Crippen molar-refractivity contribution in [1.29, 1.82) is 5.26 Å². The first kappa shape index (κ1) is 16.4. The smallest absolute Gasteiger partial charge is 0.174 e. The van der Waals surface area contributed by atoms with Crippen molar-refractivity contribution in [3.63, 3.8) is 0 Å². The molecule has 0 bridgehead atoms. The number of hydrogen-bond acceptors (Lipinski definition) is 7. The number of rotatable bonds is 3. The summed E-state index contributed by atoms with van der Waals surface area (Å²) in [7, 11) is 0. The van der Waals surface area contributed by atoms with Crippen molar-refractivity contribution in [3.05, 3.63) is 17.7 Å². The van der Waals surface area contributed by atoms with Crippen LogP contribution in [0.25, 0.3) is 0 Å². The maximum absolute atomic E-state index is 10.0. The van der Waals surface area contributed by atoms with Crippen LogP contribution in [0.15, 0.2) is 6.33 Å². The van der Waals surface area contributed by atoms with Gasteiger partial charge in [-0.1, -0.05) is 12.8 Å². The van der Waals surface area contributed by atoms with Crippen LogP contribution in [0.1, 0.15) is 31.0 Å². The lowest BCUT2D eigenvalue weighted by Gasteiger charge is -2.17. The van der Waals surface area contributed by atoms with Crippen LogP contribution in [-0.2, 0) is 4.74 Å². The van der Waals surface area contributed by atoms with E-state index in [1.54, 1.807) is 6.92 Å². The van der Waals surface area contributed by atoms with Gasteiger partial charge in [0, 0.05) is 0 Å². The summed E-state index contributed by atoms with van der Waals surface area (Å²) in [6.45, 7) is 1.30. The van der Waals surface area contributed by atoms with Crippen LogP contribution < -0.4 is 0 Å². The summed E-state index contributed by atoms with van der Waals surface area (Å²) in [5.41, 5.74) is 0.193. The molecule has 118 valence electrons. The van der Waals surface area contributed by atoms with E-state index in [1.807, 2.05) is 6.07 Å². The first-order chi connectivity index (χ1) is 10.5. The van der Waals surface area contributed by atoms with Gasteiger partial charge in [-0.05, 0) is 12.3 Å². The van der Waals surface area contributed by atoms with E-state index in [9.17, 15) is 15.3 Å². The van der Waals surface area contributed by atoms with E-state index in [-0.39, 0.29) is 11.4 Å². The highest BCUT2D eigenvalue weighted by Gasteiger charge is 2.44. The lowest BCUT2D eigenvalue weighted by Crippen LogP contribution is -2.33. The molecule has 8 nitrogen and oxygen atoms in total. The number of nitriles is 1. The first-order valence-corrected chi connectivity index (χ1v) is 6.82. The Hall–Kier alpha value is -1.94. The van der Waals surface area contributed by atoms with Gasteiger partial charge in [-0.25, -0.2) is 4.98 Å². The van der Waals surface area contributed by atoms with Crippen LogP contribution in [0.2, 0.25) is 0 Å². The molecule has 2 heterocycles. The molecular formula is C14H17N3O5. The third kappa shape index (κ3) is 2.97. The molecule has 1 fully saturated rings. The number of aliphatic hydroxyl groups excluding tert-OH is 4. The van der Waals surface area contributed by atoms with Crippen LogP contribution in [0.5, 0.6) is 0 Å². The number of hydrogen-bond donors (Lipinski definition) is 4. The molecule has 0 radical (unpaired) electrons. The normalized spacial score (nSPS) is 28.7. The lowest BCUT2D eigenvalue weighted by atomic mass is 10.1. The van der Waals surface area contributed by atoms with Crippen molar-refractivity contribution in [1.82, 2.24) is 9.55 Å². The van der Waals surface area contributed by atoms with Gasteiger partial charge in [-0.15, -0.1) is 0 Å². The Balaban J connectivity index is 2.38. The Kier molecular flexibility index (Phi) is 5.14. The third-order valence-electron chi connectivity index (χ3n) is 3.43. The Labute approximate surface area is 127 Å². The number of ether oxygens (including phenoxy) is 1. The van der Waals surface area contributed by atoms with Crippen molar-refractivity contribution < 1.29 is 25.2 Å². The zero-order chi connectivity index (χ0) is 16.3. The van der Waals surface area contributed by atoms with Crippen molar-refractivity contribution in [2.45, 2.75) is 44.0 Å². The van der Waals surface area contributed by atoms with Crippen molar-refractivity contribution in [3.8, 4) is 17.9 Å². The fourth-order valence-electron chi connectivity index (χ4n) is 2.12. The summed E-state index contributed by atoms with van der Waals surface area (Å²) in [6, 6.07) is 1.87. The van der Waals surface area contributed by atoms with E-state index in [1.165, 1.54) is 10.9 Å². The van der Waals surface area contributed by atoms with Crippen molar-refractivity contribution in [2.24, 2.45) is 0 Å². The molecule has 1 unspecified atom stereocenters. The SMILES string of the molecule is CCC(O)C#Cc1c(C#N)ncn1[C@@H]1O[C@H](CO)[C@@H](O)[C@H]1O. The standard InChI is InChI=1S/C14H17N3O5/c1-2-8(19)3-4-10-9(5-15)16-7-17(10)14-13(21)12(20)11(6-18)22-14/h7-8,11-14,18-21H,2,6H2,1H3/t8?,11-,12-,13-,14-/m1/s1. The number of nitrogens with zero attached hydrogens (tertiary/aromatic N) is 3. The summed E-state index contributed by atoms with van der Waals surface area (Å²) in [5, 5.41) is 47.5. The largest absolute Gasteiger partial charge is 0.394 e. The molecule has 1 saturated heterocycles.